The Balaban J connectivity index is 0.939. The lowest BCUT2D eigenvalue weighted by Crippen LogP contribution is -2.09. The first-order chi connectivity index (χ1) is 31.7. The van der Waals surface area contributed by atoms with Gasteiger partial charge in [0.2, 0.25) is 0 Å². The maximum Gasteiger partial charge on any atom is 0.0541 e. The molecule has 0 amide bonds. The van der Waals surface area contributed by atoms with Crippen LogP contribution in [0, 0.1) is 0 Å². The maximum absolute atomic E-state index is 2.37. The van der Waals surface area contributed by atoms with Crippen molar-refractivity contribution in [2.75, 3.05) is 4.90 Å². The molecule has 0 spiro atoms. The second-order valence-electron chi connectivity index (χ2n) is 16.5. The van der Waals surface area contributed by atoms with E-state index in [1.165, 1.54) is 93.6 Å². The summed E-state index contributed by atoms with van der Waals surface area (Å²) in [6.45, 7) is 0. The average Bonchev–Trinajstić information content (AvgIpc) is 3.72. The monoisotopic (exact) mass is 814 g/mol. The molecule has 0 N–H and O–H groups in total. The van der Waals surface area contributed by atoms with Gasteiger partial charge in [0.1, 0.15) is 0 Å². The predicted molar refractivity (Wildman–Crippen MR) is 272 cm³/mol. The van der Waals surface area contributed by atoms with Crippen molar-refractivity contribution < 1.29 is 0 Å². The molecule has 10 aromatic carbocycles. The van der Waals surface area contributed by atoms with Gasteiger partial charge in [-0.15, -0.1) is 0 Å². The van der Waals surface area contributed by atoms with Gasteiger partial charge in [0.05, 0.1) is 11.0 Å². The zero-order valence-corrected chi connectivity index (χ0v) is 35.1. The van der Waals surface area contributed by atoms with Gasteiger partial charge in [0.15, 0.2) is 0 Å². The van der Waals surface area contributed by atoms with E-state index in [2.05, 4.69) is 264 Å². The zero-order valence-electron chi connectivity index (χ0n) is 35.1. The number of rotatable bonds is 8. The molecule has 0 saturated carbocycles. The maximum atomic E-state index is 2.37. The van der Waals surface area contributed by atoms with Crippen molar-refractivity contribution in [1.29, 1.82) is 0 Å². The van der Waals surface area contributed by atoms with Gasteiger partial charge in [0, 0.05) is 34.2 Å². The average molecular weight is 815 g/mol. The standard InChI is InChI=1S/C62H42N2/c1-3-13-43(14-4-1)44-24-26-45(27-25-44)46-28-34-51(35-29-46)64(52-36-30-48(31-37-52)55-20-11-18-47-15-7-8-19-54(47)55)53-38-32-49(33-39-53)56-21-12-22-58-57(56)40-41-60-62(58)61(50-16-5-2-6-17-50)59-23-9-10-42-63(59)60/h1-42H. The van der Waals surface area contributed by atoms with Crippen LogP contribution < -0.4 is 4.90 Å². The number of anilines is 3. The van der Waals surface area contributed by atoms with Crippen LogP contribution in [0.4, 0.5) is 17.1 Å². The van der Waals surface area contributed by atoms with Crippen LogP contribution in [0.5, 0.6) is 0 Å². The zero-order chi connectivity index (χ0) is 42.4. The van der Waals surface area contributed by atoms with Gasteiger partial charge in [-0.2, -0.15) is 0 Å². The van der Waals surface area contributed by atoms with E-state index < -0.39 is 0 Å². The van der Waals surface area contributed by atoms with E-state index in [-0.39, 0.29) is 0 Å². The smallest absolute Gasteiger partial charge is 0.0541 e. The highest BCUT2D eigenvalue weighted by atomic mass is 15.1. The first kappa shape index (κ1) is 37.3. The summed E-state index contributed by atoms with van der Waals surface area (Å²) >= 11 is 0. The van der Waals surface area contributed by atoms with Gasteiger partial charge in [-0.25, -0.2) is 0 Å². The molecule has 0 bridgehead atoms. The SMILES string of the molecule is c1ccc(-c2ccc(-c3ccc(N(c4ccc(-c5cccc6ccccc56)cc4)c4ccc(-c5cccc6c5ccc5c6c(-c6ccccc6)c6ccccn65)cc4)cc3)cc2)cc1. The van der Waals surface area contributed by atoms with Gasteiger partial charge in [-0.05, 0) is 126 Å². The molecule has 12 rings (SSSR count). The number of aromatic nitrogens is 1. The Bertz CT molecular complexity index is 3600. The minimum absolute atomic E-state index is 1.09. The fraction of sp³-hybridized carbons (Fsp3) is 0. The Labute approximate surface area is 373 Å². The molecule has 0 radical (unpaired) electrons. The Kier molecular flexibility index (Phi) is 9.20. The summed E-state index contributed by atoms with van der Waals surface area (Å²) in [7, 11) is 0. The van der Waals surface area contributed by atoms with Crippen LogP contribution in [0.15, 0.2) is 255 Å². The third kappa shape index (κ3) is 6.52. The molecule has 0 unspecified atom stereocenters. The Morgan fingerprint density at radius 2 is 0.719 bits per heavy atom. The fourth-order valence-corrected chi connectivity index (χ4v) is 9.74. The largest absolute Gasteiger partial charge is 0.316 e. The number of hydrogen-bond acceptors (Lipinski definition) is 1. The van der Waals surface area contributed by atoms with Crippen LogP contribution in [0.1, 0.15) is 0 Å². The molecule has 2 aromatic heterocycles. The van der Waals surface area contributed by atoms with Crippen LogP contribution in [0.3, 0.4) is 0 Å². The van der Waals surface area contributed by atoms with E-state index in [4.69, 9.17) is 0 Å². The lowest BCUT2D eigenvalue weighted by Gasteiger charge is -2.26. The summed E-state index contributed by atoms with van der Waals surface area (Å²) in [6.07, 6.45) is 2.18. The molecule has 0 aliphatic rings. The van der Waals surface area contributed by atoms with E-state index in [9.17, 15) is 0 Å². The Morgan fingerprint density at radius 3 is 1.34 bits per heavy atom. The highest BCUT2D eigenvalue weighted by Crippen LogP contribution is 2.43. The number of nitrogens with zero attached hydrogens (tertiary/aromatic N) is 2. The van der Waals surface area contributed by atoms with Crippen LogP contribution >= 0.6 is 0 Å². The van der Waals surface area contributed by atoms with Crippen molar-refractivity contribution in [3.63, 3.8) is 0 Å². The second kappa shape index (κ2) is 15.8. The highest BCUT2D eigenvalue weighted by molar-refractivity contribution is 6.20. The van der Waals surface area contributed by atoms with E-state index >= 15 is 0 Å². The minimum atomic E-state index is 1.09. The van der Waals surface area contributed by atoms with E-state index in [1.54, 1.807) is 0 Å². The molecule has 2 heterocycles. The Hall–Kier alpha value is -8.46. The molecule has 2 heteroatoms. The molecule has 12 aromatic rings. The first-order valence-corrected chi connectivity index (χ1v) is 22.0. The summed E-state index contributed by atoms with van der Waals surface area (Å²) in [6, 6.07) is 90.3. The van der Waals surface area contributed by atoms with Gasteiger partial charge in [0.25, 0.3) is 0 Å². The van der Waals surface area contributed by atoms with Crippen molar-refractivity contribution in [2.24, 2.45) is 0 Å². The van der Waals surface area contributed by atoms with Crippen molar-refractivity contribution in [3.8, 4) is 55.6 Å². The molecule has 0 fully saturated rings. The molecule has 2 nitrogen and oxygen atoms in total. The topological polar surface area (TPSA) is 7.65 Å². The van der Waals surface area contributed by atoms with Crippen molar-refractivity contribution in [2.45, 2.75) is 0 Å². The number of benzene rings is 10. The third-order valence-electron chi connectivity index (χ3n) is 12.8. The van der Waals surface area contributed by atoms with Crippen molar-refractivity contribution >= 4 is 55.0 Å². The predicted octanol–water partition coefficient (Wildman–Crippen LogP) is 17.2. The summed E-state index contributed by atoms with van der Waals surface area (Å²) in [5, 5.41) is 6.28. The van der Waals surface area contributed by atoms with Crippen LogP contribution in [0.25, 0.3) is 93.6 Å². The molecular formula is C62H42N2. The minimum Gasteiger partial charge on any atom is -0.316 e. The van der Waals surface area contributed by atoms with Crippen LogP contribution in [0.2, 0.25) is 0 Å². The molecule has 0 aliphatic heterocycles. The van der Waals surface area contributed by atoms with Gasteiger partial charge < -0.3 is 9.30 Å². The summed E-state index contributed by atoms with van der Waals surface area (Å²) < 4.78 is 2.33. The molecule has 300 valence electrons. The number of pyridine rings is 1. The highest BCUT2D eigenvalue weighted by Gasteiger charge is 2.19. The summed E-state index contributed by atoms with van der Waals surface area (Å²) in [5.74, 6) is 0. The van der Waals surface area contributed by atoms with Crippen LogP contribution in [-0.2, 0) is 0 Å². The second-order valence-corrected chi connectivity index (χ2v) is 16.5. The normalized spacial score (nSPS) is 11.4. The van der Waals surface area contributed by atoms with Gasteiger partial charge >= 0.3 is 0 Å². The Morgan fingerprint density at radius 1 is 0.266 bits per heavy atom. The lowest BCUT2D eigenvalue weighted by atomic mass is 9.93. The third-order valence-corrected chi connectivity index (χ3v) is 12.8. The van der Waals surface area contributed by atoms with Crippen molar-refractivity contribution in [1.82, 2.24) is 4.40 Å². The number of hydrogen-bond donors (Lipinski definition) is 0. The van der Waals surface area contributed by atoms with E-state index in [0.29, 0.717) is 0 Å². The van der Waals surface area contributed by atoms with E-state index in [0.717, 1.165) is 17.1 Å². The molecule has 0 saturated heterocycles. The number of fused-ring (bicyclic) bond motifs is 6. The first-order valence-electron chi connectivity index (χ1n) is 22.0. The summed E-state index contributed by atoms with van der Waals surface area (Å²) in [5.41, 5.74) is 17.8. The van der Waals surface area contributed by atoms with E-state index in [1.807, 2.05) is 0 Å². The van der Waals surface area contributed by atoms with Crippen LogP contribution in [-0.4, -0.2) is 4.40 Å². The van der Waals surface area contributed by atoms with Crippen molar-refractivity contribution in [3.05, 3.63) is 255 Å². The van der Waals surface area contributed by atoms with Gasteiger partial charge in [-0.1, -0.05) is 194 Å². The summed E-state index contributed by atoms with van der Waals surface area (Å²) in [4.78, 5) is 2.37. The molecular weight excluding hydrogens is 773 g/mol. The van der Waals surface area contributed by atoms with Gasteiger partial charge in [-0.3, -0.25) is 0 Å². The molecule has 0 aliphatic carbocycles. The fourth-order valence-electron chi connectivity index (χ4n) is 9.74. The lowest BCUT2D eigenvalue weighted by molar-refractivity contribution is 1.26. The molecule has 0 atom stereocenters. The molecule has 64 heavy (non-hydrogen) atoms. The quantitative estimate of drug-likeness (QED) is 0.148.